The Morgan fingerprint density at radius 3 is 2.52 bits per heavy atom. The van der Waals surface area contributed by atoms with Crippen molar-refractivity contribution in [3.63, 3.8) is 0 Å². The van der Waals surface area contributed by atoms with Gasteiger partial charge >= 0.3 is 0 Å². The minimum absolute atomic E-state index is 0.0814. The van der Waals surface area contributed by atoms with Crippen molar-refractivity contribution in [3.05, 3.63) is 42.2 Å². The summed E-state index contributed by atoms with van der Waals surface area (Å²) in [6, 6.07) is 7.04. The Hall–Kier alpha value is -1.82. The number of aromatic nitrogens is 2. The van der Waals surface area contributed by atoms with Gasteiger partial charge in [-0.1, -0.05) is 19.1 Å². The second kappa shape index (κ2) is 6.30. The minimum Gasteiger partial charge on any atom is -0.376 e. The molecule has 5 nitrogen and oxygen atoms in total. The topological polar surface area (TPSA) is 64.0 Å². The first-order valence-electron chi connectivity index (χ1n) is 6.99. The summed E-state index contributed by atoms with van der Waals surface area (Å²) < 4.78 is 24.8. The molecule has 0 bridgehead atoms. The molecule has 1 atom stereocenters. The lowest BCUT2D eigenvalue weighted by Gasteiger charge is -2.14. The molecule has 21 heavy (non-hydrogen) atoms. The Kier molecular flexibility index (Phi) is 4.67. The van der Waals surface area contributed by atoms with E-state index in [-0.39, 0.29) is 6.04 Å². The van der Waals surface area contributed by atoms with Crippen molar-refractivity contribution in [3.8, 4) is 0 Å². The van der Waals surface area contributed by atoms with Gasteiger partial charge < -0.3 is 5.32 Å². The number of hydrogen-bond donors (Lipinski definition) is 1. The number of sulfone groups is 1. The Bertz CT molecular complexity index is 690. The molecule has 0 saturated carbocycles. The van der Waals surface area contributed by atoms with E-state index in [2.05, 4.69) is 17.3 Å². The number of hydrogen-bond acceptors (Lipinski definition) is 4. The molecule has 0 aliphatic carbocycles. The predicted octanol–water partition coefficient (Wildman–Crippen LogP) is 2.87. The van der Waals surface area contributed by atoms with Crippen molar-refractivity contribution < 1.29 is 8.42 Å². The van der Waals surface area contributed by atoms with E-state index in [1.54, 1.807) is 18.3 Å². The SMILES string of the molecule is CCCn1cc(NC(C)c2ccc(S(C)(=O)=O)cc2)cn1. The zero-order valence-electron chi connectivity index (χ0n) is 12.6. The van der Waals surface area contributed by atoms with Crippen molar-refractivity contribution in [2.45, 2.75) is 37.8 Å². The molecule has 0 amide bonds. The van der Waals surface area contributed by atoms with Gasteiger partial charge in [-0.3, -0.25) is 4.68 Å². The highest BCUT2D eigenvalue weighted by atomic mass is 32.2. The molecule has 0 radical (unpaired) electrons. The average Bonchev–Trinajstić information content (AvgIpc) is 2.86. The normalized spacial score (nSPS) is 13.1. The summed E-state index contributed by atoms with van der Waals surface area (Å²) in [4.78, 5) is 0.342. The van der Waals surface area contributed by atoms with Crippen molar-refractivity contribution >= 4 is 15.5 Å². The molecule has 1 unspecified atom stereocenters. The maximum absolute atomic E-state index is 11.4. The highest BCUT2D eigenvalue weighted by Gasteiger charge is 2.10. The number of nitrogens with zero attached hydrogens (tertiary/aromatic N) is 2. The summed E-state index contributed by atoms with van der Waals surface area (Å²) in [7, 11) is -3.14. The van der Waals surface area contributed by atoms with Crippen LogP contribution >= 0.6 is 0 Å². The molecule has 0 aliphatic heterocycles. The van der Waals surface area contributed by atoms with Crippen molar-refractivity contribution in [2.24, 2.45) is 0 Å². The second-order valence-electron chi connectivity index (χ2n) is 5.20. The van der Waals surface area contributed by atoms with Crippen LogP contribution in [0.1, 0.15) is 31.9 Å². The highest BCUT2D eigenvalue weighted by molar-refractivity contribution is 7.90. The monoisotopic (exact) mass is 307 g/mol. The number of benzene rings is 1. The molecule has 1 aromatic carbocycles. The molecular weight excluding hydrogens is 286 g/mol. The van der Waals surface area contributed by atoms with E-state index in [0.29, 0.717) is 4.90 Å². The predicted molar refractivity (Wildman–Crippen MR) is 84.1 cm³/mol. The van der Waals surface area contributed by atoms with E-state index in [9.17, 15) is 8.42 Å². The first kappa shape index (κ1) is 15.6. The van der Waals surface area contributed by atoms with E-state index >= 15 is 0 Å². The van der Waals surface area contributed by atoms with Crippen molar-refractivity contribution in [1.29, 1.82) is 0 Å². The molecule has 1 aromatic heterocycles. The molecule has 0 aliphatic rings. The lowest BCUT2D eigenvalue weighted by molar-refractivity contribution is 0.601. The maximum atomic E-state index is 11.4. The zero-order chi connectivity index (χ0) is 15.5. The van der Waals surface area contributed by atoms with Gasteiger partial charge in [0.05, 0.1) is 16.8 Å². The average molecular weight is 307 g/mol. The van der Waals surface area contributed by atoms with Gasteiger partial charge in [0.1, 0.15) is 0 Å². The van der Waals surface area contributed by atoms with Gasteiger partial charge in [-0.05, 0) is 31.0 Å². The lowest BCUT2D eigenvalue weighted by Crippen LogP contribution is -2.06. The van der Waals surface area contributed by atoms with Gasteiger partial charge in [-0.15, -0.1) is 0 Å². The molecule has 1 heterocycles. The Labute approximate surface area is 125 Å². The van der Waals surface area contributed by atoms with E-state index in [4.69, 9.17) is 0 Å². The molecule has 114 valence electrons. The molecule has 1 N–H and O–H groups in total. The molecule has 0 saturated heterocycles. The third-order valence-electron chi connectivity index (χ3n) is 3.28. The summed E-state index contributed by atoms with van der Waals surface area (Å²) in [6.45, 7) is 5.05. The zero-order valence-corrected chi connectivity index (χ0v) is 13.4. The van der Waals surface area contributed by atoms with Gasteiger partial charge in [0.15, 0.2) is 9.84 Å². The fraction of sp³-hybridized carbons (Fsp3) is 0.400. The maximum Gasteiger partial charge on any atom is 0.175 e. The summed E-state index contributed by atoms with van der Waals surface area (Å²) in [5.74, 6) is 0. The van der Waals surface area contributed by atoms with Gasteiger partial charge in [0, 0.05) is 25.0 Å². The van der Waals surface area contributed by atoms with Crippen molar-refractivity contribution in [2.75, 3.05) is 11.6 Å². The molecular formula is C15H21N3O2S. The van der Waals surface area contributed by atoms with E-state index in [0.717, 1.165) is 24.2 Å². The lowest BCUT2D eigenvalue weighted by atomic mass is 10.1. The number of anilines is 1. The van der Waals surface area contributed by atoms with Gasteiger partial charge in [-0.25, -0.2) is 8.42 Å². The van der Waals surface area contributed by atoms with Crippen LogP contribution in [0.2, 0.25) is 0 Å². The van der Waals surface area contributed by atoms with E-state index in [1.807, 2.05) is 29.9 Å². The number of rotatable bonds is 6. The summed E-state index contributed by atoms with van der Waals surface area (Å²) >= 11 is 0. The molecule has 2 aromatic rings. The van der Waals surface area contributed by atoms with Crippen molar-refractivity contribution in [1.82, 2.24) is 9.78 Å². The van der Waals surface area contributed by atoms with Crippen LogP contribution in [-0.4, -0.2) is 24.5 Å². The Morgan fingerprint density at radius 2 is 1.95 bits per heavy atom. The summed E-state index contributed by atoms with van der Waals surface area (Å²) in [6.07, 6.45) is 6.04. The van der Waals surface area contributed by atoms with E-state index < -0.39 is 9.84 Å². The second-order valence-corrected chi connectivity index (χ2v) is 7.22. The fourth-order valence-corrected chi connectivity index (χ4v) is 2.76. The molecule has 0 spiro atoms. The Balaban J connectivity index is 2.07. The van der Waals surface area contributed by atoms with Crippen LogP contribution in [0.5, 0.6) is 0 Å². The van der Waals surface area contributed by atoms with Crippen LogP contribution in [0, 0.1) is 0 Å². The van der Waals surface area contributed by atoms with Crippen LogP contribution in [0.25, 0.3) is 0 Å². The first-order valence-corrected chi connectivity index (χ1v) is 8.88. The minimum atomic E-state index is -3.14. The number of nitrogens with one attached hydrogen (secondary N) is 1. The third kappa shape index (κ3) is 4.07. The standard InChI is InChI=1S/C15H21N3O2S/c1-4-9-18-11-14(10-16-18)17-12(2)13-5-7-15(8-6-13)21(3,19)20/h5-8,10-12,17H,4,9H2,1-3H3. The third-order valence-corrected chi connectivity index (χ3v) is 4.41. The molecule has 2 rings (SSSR count). The fourth-order valence-electron chi connectivity index (χ4n) is 2.13. The van der Waals surface area contributed by atoms with Crippen LogP contribution in [0.3, 0.4) is 0 Å². The van der Waals surface area contributed by atoms with Crippen LogP contribution in [0.4, 0.5) is 5.69 Å². The van der Waals surface area contributed by atoms with Gasteiger partial charge in [0.2, 0.25) is 0 Å². The summed E-state index contributed by atoms with van der Waals surface area (Å²) in [5, 5.41) is 7.64. The van der Waals surface area contributed by atoms with Crippen LogP contribution in [0.15, 0.2) is 41.6 Å². The summed E-state index contributed by atoms with van der Waals surface area (Å²) in [5.41, 5.74) is 1.99. The molecule has 0 fully saturated rings. The molecule has 6 heteroatoms. The highest BCUT2D eigenvalue weighted by Crippen LogP contribution is 2.20. The Morgan fingerprint density at radius 1 is 1.29 bits per heavy atom. The smallest absolute Gasteiger partial charge is 0.175 e. The quantitative estimate of drug-likeness (QED) is 0.891. The van der Waals surface area contributed by atoms with Crippen LogP contribution in [-0.2, 0) is 16.4 Å². The number of aryl methyl sites for hydroxylation is 1. The van der Waals surface area contributed by atoms with Gasteiger partial charge in [0.25, 0.3) is 0 Å². The largest absolute Gasteiger partial charge is 0.376 e. The first-order chi connectivity index (χ1) is 9.90. The van der Waals surface area contributed by atoms with E-state index in [1.165, 1.54) is 6.26 Å². The van der Waals surface area contributed by atoms with Gasteiger partial charge in [-0.2, -0.15) is 5.10 Å². The van der Waals surface area contributed by atoms with Crippen LogP contribution < -0.4 is 5.32 Å².